The molecule has 3 nitrogen and oxygen atoms in total. The molecule has 0 bridgehead atoms. The number of fused-ring (bicyclic) bond motifs is 1. The van der Waals surface area contributed by atoms with Crippen molar-refractivity contribution < 1.29 is 0 Å². The molecule has 3 rings (SSSR count). The molecule has 2 aromatic rings. The van der Waals surface area contributed by atoms with E-state index >= 15 is 0 Å². The predicted molar refractivity (Wildman–Crippen MR) is 77.2 cm³/mol. The Morgan fingerprint density at radius 3 is 2.72 bits per heavy atom. The number of hydrogen-bond donors (Lipinski definition) is 1. The molecule has 94 valence electrons. The van der Waals surface area contributed by atoms with Gasteiger partial charge in [0.2, 0.25) is 0 Å². The number of rotatable bonds is 1. The van der Waals surface area contributed by atoms with Crippen molar-refractivity contribution in [2.24, 2.45) is 0 Å². The number of nitrogens with two attached hydrogens (primary N) is 1. The van der Waals surface area contributed by atoms with E-state index < -0.39 is 0 Å². The summed E-state index contributed by atoms with van der Waals surface area (Å²) >= 11 is 6.25. The fraction of sp³-hybridized carbons (Fsp3) is 0.357. The largest absolute Gasteiger partial charge is 0.396 e. The summed E-state index contributed by atoms with van der Waals surface area (Å²) in [6, 6.07) is 6.24. The second kappa shape index (κ2) is 4.65. The lowest BCUT2D eigenvalue weighted by Crippen LogP contribution is -2.29. The van der Waals surface area contributed by atoms with Gasteiger partial charge in [-0.05, 0) is 37.5 Å². The van der Waals surface area contributed by atoms with E-state index in [-0.39, 0.29) is 0 Å². The monoisotopic (exact) mass is 261 g/mol. The van der Waals surface area contributed by atoms with Gasteiger partial charge in [0.1, 0.15) is 0 Å². The zero-order chi connectivity index (χ0) is 12.5. The molecule has 0 atom stereocenters. The number of aromatic nitrogens is 1. The molecule has 0 saturated carbocycles. The van der Waals surface area contributed by atoms with Gasteiger partial charge in [-0.3, -0.25) is 4.98 Å². The van der Waals surface area contributed by atoms with E-state index in [0.29, 0.717) is 10.7 Å². The van der Waals surface area contributed by atoms with Gasteiger partial charge in [-0.25, -0.2) is 0 Å². The molecular formula is C14H16ClN3. The van der Waals surface area contributed by atoms with Crippen LogP contribution in [0.4, 0.5) is 11.4 Å². The topological polar surface area (TPSA) is 42.1 Å². The first-order chi connectivity index (χ1) is 8.75. The molecule has 0 amide bonds. The second-order valence-corrected chi connectivity index (χ2v) is 5.15. The first-order valence-corrected chi connectivity index (χ1v) is 6.72. The lowest BCUT2D eigenvalue weighted by atomic mass is 10.1. The minimum Gasteiger partial charge on any atom is -0.396 e. The van der Waals surface area contributed by atoms with E-state index in [4.69, 9.17) is 17.3 Å². The van der Waals surface area contributed by atoms with E-state index in [0.717, 1.165) is 24.0 Å². The van der Waals surface area contributed by atoms with Gasteiger partial charge < -0.3 is 10.6 Å². The Labute approximate surface area is 112 Å². The van der Waals surface area contributed by atoms with Crippen LogP contribution < -0.4 is 10.6 Å². The van der Waals surface area contributed by atoms with Crippen LogP contribution in [0.2, 0.25) is 5.02 Å². The van der Waals surface area contributed by atoms with Crippen LogP contribution in [0, 0.1) is 0 Å². The highest BCUT2D eigenvalue weighted by Gasteiger charge is 2.12. The molecule has 2 heterocycles. The molecule has 1 aliphatic heterocycles. The summed E-state index contributed by atoms with van der Waals surface area (Å²) in [6.45, 7) is 2.25. The highest BCUT2D eigenvalue weighted by Crippen LogP contribution is 2.31. The summed E-state index contributed by atoms with van der Waals surface area (Å²) in [5, 5.41) is 1.55. The Balaban J connectivity index is 2.06. The van der Waals surface area contributed by atoms with Crippen LogP contribution >= 0.6 is 11.6 Å². The van der Waals surface area contributed by atoms with E-state index in [1.165, 1.54) is 24.9 Å². The maximum Gasteiger partial charge on any atom is 0.0746 e. The van der Waals surface area contributed by atoms with Gasteiger partial charge in [0.15, 0.2) is 0 Å². The molecule has 2 N–H and O–H groups in total. The zero-order valence-electron chi connectivity index (χ0n) is 10.2. The van der Waals surface area contributed by atoms with Crippen molar-refractivity contribution in [1.82, 2.24) is 4.98 Å². The van der Waals surface area contributed by atoms with Gasteiger partial charge in [-0.2, -0.15) is 0 Å². The zero-order valence-corrected chi connectivity index (χ0v) is 11.0. The van der Waals surface area contributed by atoms with Crippen LogP contribution in [0.3, 0.4) is 0 Å². The molecular weight excluding hydrogens is 246 g/mol. The summed E-state index contributed by atoms with van der Waals surface area (Å²) in [6.07, 6.45) is 5.48. The summed E-state index contributed by atoms with van der Waals surface area (Å²) in [4.78, 5) is 6.71. The summed E-state index contributed by atoms with van der Waals surface area (Å²) in [7, 11) is 0. The van der Waals surface area contributed by atoms with Gasteiger partial charge in [-0.1, -0.05) is 11.6 Å². The standard InChI is InChI=1S/C14H16ClN3/c15-14-11-8-10(18-6-2-1-3-7-18)4-5-13(11)17-9-12(14)16/h4-5,8-9H,1-3,6-7,16H2. The van der Waals surface area contributed by atoms with Gasteiger partial charge in [0, 0.05) is 24.2 Å². The third kappa shape index (κ3) is 1.99. The normalized spacial score (nSPS) is 16.2. The van der Waals surface area contributed by atoms with Gasteiger partial charge >= 0.3 is 0 Å². The van der Waals surface area contributed by atoms with E-state index in [1.54, 1.807) is 6.20 Å². The molecule has 0 aliphatic carbocycles. The minimum atomic E-state index is 0.542. The van der Waals surface area contributed by atoms with E-state index in [1.807, 2.05) is 6.07 Å². The van der Waals surface area contributed by atoms with E-state index in [9.17, 15) is 0 Å². The molecule has 1 aromatic carbocycles. The number of hydrogen-bond acceptors (Lipinski definition) is 3. The first kappa shape index (κ1) is 11.6. The highest BCUT2D eigenvalue weighted by atomic mass is 35.5. The number of halogens is 1. The SMILES string of the molecule is Nc1cnc2ccc(N3CCCCC3)cc2c1Cl. The van der Waals surface area contributed by atoms with Crippen molar-refractivity contribution in [3.8, 4) is 0 Å². The molecule has 1 saturated heterocycles. The Bertz CT molecular complexity index is 577. The Morgan fingerprint density at radius 2 is 1.94 bits per heavy atom. The van der Waals surface area contributed by atoms with Crippen LogP contribution in [0.25, 0.3) is 10.9 Å². The number of nitrogen functional groups attached to an aromatic ring is 1. The van der Waals surface area contributed by atoms with Gasteiger partial charge in [-0.15, -0.1) is 0 Å². The van der Waals surface area contributed by atoms with Crippen molar-refractivity contribution in [1.29, 1.82) is 0 Å². The fourth-order valence-corrected chi connectivity index (χ4v) is 2.71. The summed E-state index contributed by atoms with van der Waals surface area (Å²) < 4.78 is 0. The maximum absolute atomic E-state index is 6.25. The molecule has 4 heteroatoms. The second-order valence-electron chi connectivity index (χ2n) is 4.78. The van der Waals surface area contributed by atoms with Crippen molar-refractivity contribution in [2.45, 2.75) is 19.3 Å². The van der Waals surface area contributed by atoms with Crippen LogP contribution in [0.1, 0.15) is 19.3 Å². The highest BCUT2D eigenvalue weighted by molar-refractivity contribution is 6.37. The molecule has 0 radical (unpaired) electrons. The molecule has 1 aliphatic rings. The minimum absolute atomic E-state index is 0.542. The number of benzene rings is 1. The van der Waals surface area contributed by atoms with Crippen molar-refractivity contribution in [3.63, 3.8) is 0 Å². The van der Waals surface area contributed by atoms with Crippen LogP contribution in [-0.2, 0) is 0 Å². The number of piperidine rings is 1. The number of nitrogens with zero attached hydrogens (tertiary/aromatic N) is 2. The maximum atomic E-state index is 6.25. The Hall–Kier alpha value is -1.48. The third-order valence-corrected chi connectivity index (χ3v) is 3.96. The van der Waals surface area contributed by atoms with Crippen molar-refractivity contribution in [3.05, 3.63) is 29.4 Å². The quantitative estimate of drug-likeness (QED) is 0.855. The van der Waals surface area contributed by atoms with Crippen molar-refractivity contribution >= 4 is 33.9 Å². The summed E-state index contributed by atoms with van der Waals surface area (Å²) in [5.74, 6) is 0. The molecule has 18 heavy (non-hydrogen) atoms. The van der Waals surface area contributed by atoms with Gasteiger partial charge in [0.05, 0.1) is 22.4 Å². The molecule has 0 unspecified atom stereocenters. The lowest BCUT2D eigenvalue weighted by molar-refractivity contribution is 0.578. The van der Waals surface area contributed by atoms with E-state index in [2.05, 4.69) is 22.0 Å². The molecule has 1 aromatic heterocycles. The first-order valence-electron chi connectivity index (χ1n) is 6.34. The summed E-state index contributed by atoms with van der Waals surface area (Å²) in [5.41, 5.74) is 8.47. The molecule has 1 fully saturated rings. The van der Waals surface area contributed by atoms with Crippen LogP contribution in [-0.4, -0.2) is 18.1 Å². The average molecular weight is 262 g/mol. The predicted octanol–water partition coefficient (Wildman–Crippen LogP) is 3.46. The van der Waals surface area contributed by atoms with Gasteiger partial charge in [0.25, 0.3) is 0 Å². The fourth-order valence-electron chi connectivity index (χ4n) is 2.51. The number of pyridine rings is 1. The van der Waals surface area contributed by atoms with Crippen LogP contribution in [0.15, 0.2) is 24.4 Å². The Morgan fingerprint density at radius 1 is 1.17 bits per heavy atom. The van der Waals surface area contributed by atoms with Crippen molar-refractivity contribution in [2.75, 3.05) is 23.7 Å². The third-order valence-electron chi connectivity index (χ3n) is 3.53. The molecule has 0 spiro atoms. The van der Waals surface area contributed by atoms with Crippen LogP contribution in [0.5, 0.6) is 0 Å². The lowest BCUT2D eigenvalue weighted by Gasteiger charge is -2.29. The average Bonchev–Trinajstić information content (AvgIpc) is 2.44. The smallest absolute Gasteiger partial charge is 0.0746 e. The Kier molecular flexibility index (Phi) is 3.00. The number of anilines is 2.